The van der Waals surface area contributed by atoms with E-state index in [1.54, 1.807) is 0 Å². The first-order chi connectivity index (χ1) is 7.15. The zero-order chi connectivity index (χ0) is 11.3. The first-order valence-electron chi connectivity index (χ1n) is 5.85. The van der Waals surface area contributed by atoms with Crippen molar-refractivity contribution >= 4 is 5.97 Å². The zero-order valence-corrected chi connectivity index (χ0v) is 9.70. The van der Waals surface area contributed by atoms with E-state index in [0.717, 1.165) is 13.1 Å². The summed E-state index contributed by atoms with van der Waals surface area (Å²) in [6.45, 7) is 6.89. The lowest BCUT2D eigenvalue weighted by Gasteiger charge is -2.23. The van der Waals surface area contributed by atoms with E-state index in [2.05, 4.69) is 17.1 Å². The van der Waals surface area contributed by atoms with Crippen LogP contribution in [-0.2, 0) is 4.79 Å². The quantitative estimate of drug-likeness (QED) is 0.690. The number of hydrogen-bond donors (Lipinski definition) is 2. The molecule has 1 aliphatic heterocycles. The summed E-state index contributed by atoms with van der Waals surface area (Å²) in [5, 5.41) is 12.0. The average molecular weight is 214 g/mol. The highest BCUT2D eigenvalue weighted by molar-refractivity contribution is 5.73. The summed E-state index contributed by atoms with van der Waals surface area (Å²) in [4.78, 5) is 13.3. The Morgan fingerprint density at radius 1 is 1.67 bits per heavy atom. The van der Waals surface area contributed by atoms with Gasteiger partial charge in [0.15, 0.2) is 0 Å². The Hall–Kier alpha value is -0.610. The van der Waals surface area contributed by atoms with Gasteiger partial charge in [-0.25, -0.2) is 0 Å². The molecule has 2 atom stereocenters. The van der Waals surface area contributed by atoms with Crippen molar-refractivity contribution in [3.63, 3.8) is 0 Å². The number of aliphatic carboxylic acids is 1. The second-order valence-corrected chi connectivity index (χ2v) is 4.26. The molecule has 4 nitrogen and oxygen atoms in total. The molecule has 2 unspecified atom stereocenters. The molecule has 0 aromatic rings. The fourth-order valence-corrected chi connectivity index (χ4v) is 2.18. The molecule has 1 fully saturated rings. The van der Waals surface area contributed by atoms with Crippen molar-refractivity contribution in [1.82, 2.24) is 10.2 Å². The third-order valence-corrected chi connectivity index (χ3v) is 3.14. The highest BCUT2D eigenvalue weighted by Crippen LogP contribution is 2.16. The van der Waals surface area contributed by atoms with Crippen LogP contribution < -0.4 is 5.32 Å². The molecule has 1 saturated heterocycles. The van der Waals surface area contributed by atoms with Crippen LogP contribution in [-0.4, -0.2) is 47.7 Å². The van der Waals surface area contributed by atoms with E-state index in [4.69, 9.17) is 5.11 Å². The molecule has 15 heavy (non-hydrogen) atoms. The van der Waals surface area contributed by atoms with Gasteiger partial charge in [-0.15, -0.1) is 0 Å². The third-order valence-electron chi connectivity index (χ3n) is 3.14. The van der Waals surface area contributed by atoms with Crippen LogP contribution in [0.2, 0.25) is 0 Å². The lowest BCUT2D eigenvalue weighted by atomic mass is 10.2. The molecule has 0 spiro atoms. The molecule has 0 saturated carbocycles. The Bertz CT molecular complexity index is 209. The summed E-state index contributed by atoms with van der Waals surface area (Å²) in [5.74, 6) is -0.733. The number of likely N-dealkylation sites (tertiary alicyclic amines) is 1. The maximum Gasteiger partial charge on any atom is 0.320 e. The summed E-state index contributed by atoms with van der Waals surface area (Å²) in [6.07, 6.45) is 3.20. The van der Waals surface area contributed by atoms with E-state index in [-0.39, 0.29) is 6.04 Å². The number of carboxylic acid groups (broad SMARTS) is 1. The molecular weight excluding hydrogens is 192 g/mol. The van der Waals surface area contributed by atoms with Crippen molar-refractivity contribution in [3.05, 3.63) is 0 Å². The molecule has 1 rings (SSSR count). The molecule has 0 aromatic heterocycles. The molecule has 0 aromatic carbocycles. The molecule has 1 heterocycles. The van der Waals surface area contributed by atoms with Gasteiger partial charge in [0.05, 0.1) is 0 Å². The Morgan fingerprint density at radius 2 is 2.40 bits per heavy atom. The minimum atomic E-state index is -0.733. The highest BCUT2D eigenvalue weighted by atomic mass is 16.4. The molecule has 88 valence electrons. The van der Waals surface area contributed by atoms with Crippen LogP contribution in [0.25, 0.3) is 0 Å². The number of likely N-dealkylation sites (N-methyl/N-ethyl adjacent to an activating group) is 1. The van der Waals surface area contributed by atoms with Crippen molar-refractivity contribution in [1.29, 1.82) is 0 Å². The van der Waals surface area contributed by atoms with E-state index >= 15 is 0 Å². The van der Waals surface area contributed by atoms with Crippen LogP contribution in [0.3, 0.4) is 0 Å². The normalized spacial score (nSPS) is 24.3. The number of rotatable bonds is 6. The van der Waals surface area contributed by atoms with Crippen molar-refractivity contribution in [3.8, 4) is 0 Å². The van der Waals surface area contributed by atoms with Crippen LogP contribution in [0.4, 0.5) is 0 Å². The topological polar surface area (TPSA) is 52.6 Å². The van der Waals surface area contributed by atoms with Gasteiger partial charge in [-0.05, 0) is 39.3 Å². The van der Waals surface area contributed by atoms with Gasteiger partial charge in [0.1, 0.15) is 6.04 Å². The molecule has 4 heteroatoms. The monoisotopic (exact) mass is 214 g/mol. The van der Waals surface area contributed by atoms with Gasteiger partial charge in [-0.2, -0.15) is 0 Å². The van der Waals surface area contributed by atoms with E-state index in [1.807, 2.05) is 6.92 Å². The standard InChI is InChI=1S/C11H22N2O2/c1-3-12-10(11(14)15)6-8-13-7-4-5-9(13)2/h9-10,12H,3-8H2,1-2H3,(H,14,15). The first kappa shape index (κ1) is 12.5. The van der Waals surface area contributed by atoms with E-state index < -0.39 is 5.97 Å². The maximum absolute atomic E-state index is 10.9. The smallest absolute Gasteiger partial charge is 0.320 e. The van der Waals surface area contributed by atoms with Crippen LogP contribution in [0.15, 0.2) is 0 Å². The summed E-state index contributed by atoms with van der Waals surface area (Å²) in [6, 6.07) is 0.240. The second kappa shape index (κ2) is 6.08. The zero-order valence-electron chi connectivity index (χ0n) is 9.70. The van der Waals surface area contributed by atoms with Crippen molar-refractivity contribution in [2.75, 3.05) is 19.6 Å². The Morgan fingerprint density at radius 3 is 2.87 bits per heavy atom. The molecule has 0 aliphatic carbocycles. The summed E-state index contributed by atoms with van der Waals surface area (Å²) < 4.78 is 0. The molecule has 1 aliphatic rings. The Balaban J connectivity index is 2.29. The molecule has 0 radical (unpaired) electrons. The van der Waals surface area contributed by atoms with Gasteiger partial charge in [0, 0.05) is 12.6 Å². The van der Waals surface area contributed by atoms with E-state index in [9.17, 15) is 4.79 Å². The lowest BCUT2D eigenvalue weighted by Crippen LogP contribution is -2.40. The van der Waals surface area contributed by atoms with Gasteiger partial charge >= 0.3 is 5.97 Å². The fraction of sp³-hybridized carbons (Fsp3) is 0.909. The number of hydrogen-bond acceptors (Lipinski definition) is 3. The highest BCUT2D eigenvalue weighted by Gasteiger charge is 2.22. The average Bonchev–Trinajstić information content (AvgIpc) is 2.58. The minimum Gasteiger partial charge on any atom is -0.480 e. The van der Waals surface area contributed by atoms with E-state index in [0.29, 0.717) is 19.0 Å². The molecule has 2 N–H and O–H groups in total. The van der Waals surface area contributed by atoms with E-state index in [1.165, 1.54) is 12.8 Å². The Labute approximate surface area is 91.6 Å². The molecule has 0 amide bonds. The summed E-state index contributed by atoms with van der Waals surface area (Å²) >= 11 is 0. The van der Waals surface area contributed by atoms with Crippen LogP contribution in [0, 0.1) is 0 Å². The van der Waals surface area contributed by atoms with Gasteiger partial charge < -0.3 is 15.3 Å². The van der Waals surface area contributed by atoms with Gasteiger partial charge in [-0.3, -0.25) is 4.79 Å². The van der Waals surface area contributed by atoms with Crippen LogP contribution in [0.5, 0.6) is 0 Å². The summed E-state index contributed by atoms with van der Waals surface area (Å²) in [7, 11) is 0. The van der Waals surface area contributed by atoms with Crippen LogP contribution >= 0.6 is 0 Å². The Kier molecular flexibility index (Phi) is 5.05. The SMILES string of the molecule is CCNC(CCN1CCCC1C)C(=O)O. The number of nitrogens with zero attached hydrogens (tertiary/aromatic N) is 1. The van der Waals surface area contributed by atoms with Gasteiger partial charge in [-0.1, -0.05) is 6.92 Å². The predicted octanol–water partition coefficient (Wildman–Crippen LogP) is 0.923. The third kappa shape index (κ3) is 3.80. The van der Waals surface area contributed by atoms with Crippen molar-refractivity contribution < 1.29 is 9.90 Å². The lowest BCUT2D eigenvalue weighted by molar-refractivity contribution is -0.139. The molecule has 0 bridgehead atoms. The second-order valence-electron chi connectivity index (χ2n) is 4.26. The predicted molar refractivity (Wildman–Crippen MR) is 60.0 cm³/mol. The number of carboxylic acids is 1. The minimum absolute atomic E-state index is 0.386. The number of nitrogens with one attached hydrogen (secondary N) is 1. The van der Waals surface area contributed by atoms with Crippen molar-refractivity contribution in [2.24, 2.45) is 0 Å². The fourth-order valence-electron chi connectivity index (χ4n) is 2.18. The number of carbonyl (C=O) groups is 1. The largest absolute Gasteiger partial charge is 0.480 e. The van der Waals surface area contributed by atoms with Crippen molar-refractivity contribution in [2.45, 2.75) is 45.2 Å². The molecular formula is C11H22N2O2. The van der Waals surface area contributed by atoms with Gasteiger partial charge in [0.2, 0.25) is 0 Å². The first-order valence-corrected chi connectivity index (χ1v) is 5.85. The summed E-state index contributed by atoms with van der Waals surface area (Å²) in [5.41, 5.74) is 0. The maximum atomic E-state index is 10.9. The van der Waals surface area contributed by atoms with Crippen LogP contribution in [0.1, 0.15) is 33.1 Å². The van der Waals surface area contributed by atoms with Gasteiger partial charge in [0.25, 0.3) is 0 Å².